The highest BCUT2D eigenvalue weighted by molar-refractivity contribution is 8.02. The third-order valence-electron chi connectivity index (χ3n) is 1.07. The predicted octanol–water partition coefficient (Wildman–Crippen LogP) is 2.56. The molecule has 0 heterocycles. The molecule has 0 spiro atoms. The van der Waals surface area contributed by atoms with E-state index in [1.165, 1.54) is 0 Å². The molecule has 0 aliphatic rings. The van der Waals surface area contributed by atoms with Crippen LogP contribution in [0.2, 0.25) is 0 Å². The van der Waals surface area contributed by atoms with Crippen LogP contribution in [-0.4, -0.2) is 16.7 Å². The second-order valence-electron chi connectivity index (χ2n) is 4.23. The maximum absolute atomic E-state index is 11.2. The highest BCUT2D eigenvalue weighted by Crippen LogP contribution is 2.09. The summed E-state index contributed by atoms with van der Waals surface area (Å²) >= 11 is 1.64. The molecule has 0 radical (unpaired) electrons. The number of hydrogen-bond acceptors (Lipinski definition) is 2. The number of amides is 1. The van der Waals surface area contributed by atoms with Gasteiger partial charge in [0.15, 0.2) is 0 Å². The molecule has 0 rings (SSSR count). The maximum Gasteiger partial charge on any atom is 0.244 e. The van der Waals surface area contributed by atoms with Gasteiger partial charge < -0.3 is 5.32 Å². The van der Waals surface area contributed by atoms with E-state index in [4.69, 9.17) is 0 Å². The van der Waals surface area contributed by atoms with E-state index in [0.29, 0.717) is 5.25 Å². The average molecular weight is 201 g/mol. The first-order valence-corrected chi connectivity index (χ1v) is 5.40. The number of rotatable bonds is 3. The van der Waals surface area contributed by atoms with E-state index >= 15 is 0 Å². The Morgan fingerprint density at radius 3 is 2.31 bits per heavy atom. The Kier molecular flexibility index (Phi) is 5.14. The molecule has 76 valence electrons. The molecule has 0 saturated carbocycles. The predicted molar refractivity (Wildman–Crippen MR) is 59.8 cm³/mol. The largest absolute Gasteiger partial charge is 0.348 e. The lowest BCUT2D eigenvalue weighted by Gasteiger charge is -2.18. The zero-order chi connectivity index (χ0) is 10.5. The number of thioether (sulfide) groups is 1. The molecule has 1 amide bonds. The third-order valence-corrected chi connectivity index (χ3v) is 1.91. The lowest BCUT2D eigenvalue weighted by atomic mass is 10.1. The van der Waals surface area contributed by atoms with Gasteiger partial charge in [-0.3, -0.25) is 4.79 Å². The minimum Gasteiger partial charge on any atom is -0.348 e. The molecular formula is C10H19NOS. The lowest BCUT2D eigenvalue weighted by Crippen LogP contribution is -2.39. The smallest absolute Gasteiger partial charge is 0.244 e. The zero-order valence-electron chi connectivity index (χ0n) is 9.05. The highest BCUT2D eigenvalue weighted by atomic mass is 32.2. The van der Waals surface area contributed by atoms with E-state index in [0.717, 1.165) is 0 Å². The van der Waals surface area contributed by atoms with Gasteiger partial charge in [0.1, 0.15) is 0 Å². The monoisotopic (exact) mass is 201 g/mol. The second-order valence-corrected chi connectivity index (χ2v) is 5.71. The minimum absolute atomic E-state index is 0.0272. The summed E-state index contributed by atoms with van der Waals surface area (Å²) in [5, 5.41) is 5.22. The van der Waals surface area contributed by atoms with E-state index in [2.05, 4.69) is 19.2 Å². The zero-order valence-corrected chi connectivity index (χ0v) is 9.87. The van der Waals surface area contributed by atoms with Crippen molar-refractivity contribution >= 4 is 17.7 Å². The first-order valence-electron chi connectivity index (χ1n) is 4.45. The van der Waals surface area contributed by atoms with E-state index in [9.17, 15) is 4.79 Å². The number of carbonyl (C=O) groups is 1. The fourth-order valence-corrected chi connectivity index (χ4v) is 1.19. The van der Waals surface area contributed by atoms with Gasteiger partial charge in [0, 0.05) is 16.9 Å². The summed E-state index contributed by atoms with van der Waals surface area (Å²) in [6.45, 7) is 10.1. The van der Waals surface area contributed by atoms with Crippen LogP contribution in [0.3, 0.4) is 0 Å². The standard InChI is InChI=1S/C10H19NOS/c1-8(2)13-7-6-9(12)11-10(3,4)5/h6-8H,1-5H3,(H,11,12)/b7-6+. The molecule has 2 nitrogen and oxygen atoms in total. The first-order chi connectivity index (χ1) is 5.81. The molecule has 13 heavy (non-hydrogen) atoms. The first kappa shape index (κ1) is 12.6. The summed E-state index contributed by atoms with van der Waals surface area (Å²) in [7, 11) is 0. The summed E-state index contributed by atoms with van der Waals surface area (Å²) in [4.78, 5) is 11.2. The summed E-state index contributed by atoms with van der Waals surface area (Å²) in [5.41, 5.74) is -0.149. The van der Waals surface area contributed by atoms with Crippen LogP contribution in [0, 0.1) is 0 Å². The molecule has 0 aromatic heterocycles. The van der Waals surface area contributed by atoms with Crippen LogP contribution in [0.5, 0.6) is 0 Å². The van der Waals surface area contributed by atoms with Gasteiger partial charge in [-0.1, -0.05) is 13.8 Å². The lowest BCUT2D eigenvalue weighted by molar-refractivity contribution is -0.117. The third kappa shape index (κ3) is 9.47. The number of nitrogens with one attached hydrogen (secondary N) is 1. The van der Waals surface area contributed by atoms with Crippen molar-refractivity contribution in [1.29, 1.82) is 0 Å². The second kappa shape index (κ2) is 5.32. The van der Waals surface area contributed by atoms with Crippen molar-refractivity contribution in [3.05, 3.63) is 11.5 Å². The van der Waals surface area contributed by atoms with E-state index in [-0.39, 0.29) is 11.4 Å². The molecule has 0 aliphatic carbocycles. The van der Waals surface area contributed by atoms with Crippen LogP contribution in [0.25, 0.3) is 0 Å². The van der Waals surface area contributed by atoms with E-state index in [1.807, 2.05) is 26.2 Å². The summed E-state index contributed by atoms with van der Waals surface area (Å²) in [5.74, 6) is -0.0272. The van der Waals surface area contributed by atoms with Crippen LogP contribution in [0.4, 0.5) is 0 Å². The van der Waals surface area contributed by atoms with Gasteiger partial charge >= 0.3 is 0 Å². The molecule has 0 unspecified atom stereocenters. The topological polar surface area (TPSA) is 29.1 Å². The van der Waals surface area contributed by atoms with Crippen molar-refractivity contribution in [2.75, 3.05) is 0 Å². The Morgan fingerprint density at radius 1 is 1.38 bits per heavy atom. The quantitative estimate of drug-likeness (QED) is 0.711. The molecule has 0 saturated heterocycles. The van der Waals surface area contributed by atoms with Crippen molar-refractivity contribution in [3.63, 3.8) is 0 Å². The molecule has 0 aromatic carbocycles. The van der Waals surface area contributed by atoms with Gasteiger partial charge in [0.2, 0.25) is 5.91 Å². The van der Waals surface area contributed by atoms with Crippen LogP contribution in [-0.2, 0) is 4.79 Å². The summed E-state index contributed by atoms with van der Waals surface area (Å²) in [6, 6.07) is 0. The molecule has 0 aliphatic heterocycles. The Bertz CT molecular complexity index is 192. The number of hydrogen-bond donors (Lipinski definition) is 1. The Morgan fingerprint density at radius 2 is 1.92 bits per heavy atom. The van der Waals surface area contributed by atoms with Crippen molar-refractivity contribution in [2.24, 2.45) is 0 Å². The van der Waals surface area contributed by atoms with Crippen LogP contribution in [0.15, 0.2) is 11.5 Å². The maximum atomic E-state index is 11.2. The molecule has 0 aromatic rings. The van der Waals surface area contributed by atoms with Crippen molar-refractivity contribution in [3.8, 4) is 0 Å². The van der Waals surface area contributed by atoms with Gasteiger partial charge in [-0.15, -0.1) is 11.8 Å². The summed E-state index contributed by atoms with van der Waals surface area (Å²) in [6.07, 6.45) is 1.58. The summed E-state index contributed by atoms with van der Waals surface area (Å²) < 4.78 is 0. The number of carbonyl (C=O) groups excluding carboxylic acids is 1. The SMILES string of the molecule is CC(C)S/C=C/C(=O)NC(C)(C)C. The highest BCUT2D eigenvalue weighted by Gasteiger charge is 2.10. The Labute approximate surface area is 85.2 Å². The van der Waals surface area contributed by atoms with E-state index in [1.54, 1.807) is 17.8 Å². The Balaban J connectivity index is 3.81. The molecule has 1 N–H and O–H groups in total. The van der Waals surface area contributed by atoms with Crippen molar-refractivity contribution in [1.82, 2.24) is 5.32 Å². The van der Waals surface area contributed by atoms with Gasteiger partial charge in [-0.05, 0) is 26.2 Å². The normalized spacial score (nSPS) is 12.5. The van der Waals surface area contributed by atoms with Crippen molar-refractivity contribution in [2.45, 2.75) is 45.4 Å². The van der Waals surface area contributed by atoms with Crippen molar-refractivity contribution < 1.29 is 4.79 Å². The fourth-order valence-electron chi connectivity index (χ4n) is 0.669. The van der Waals surface area contributed by atoms with Gasteiger partial charge in [0.25, 0.3) is 0 Å². The Hall–Kier alpha value is -0.440. The average Bonchev–Trinajstić information content (AvgIpc) is 1.81. The molecule has 0 bridgehead atoms. The van der Waals surface area contributed by atoms with Crippen LogP contribution < -0.4 is 5.32 Å². The molecular weight excluding hydrogens is 182 g/mol. The van der Waals surface area contributed by atoms with Crippen LogP contribution in [0.1, 0.15) is 34.6 Å². The molecule has 3 heteroatoms. The fraction of sp³-hybridized carbons (Fsp3) is 0.700. The van der Waals surface area contributed by atoms with E-state index < -0.39 is 0 Å². The van der Waals surface area contributed by atoms with Gasteiger partial charge in [0.05, 0.1) is 0 Å². The van der Waals surface area contributed by atoms with Gasteiger partial charge in [-0.2, -0.15) is 0 Å². The molecule has 0 atom stereocenters. The van der Waals surface area contributed by atoms with Gasteiger partial charge in [-0.25, -0.2) is 0 Å². The molecule has 0 fully saturated rings. The van der Waals surface area contributed by atoms with Crippen LogP contribution >= 0.6 is 11.8 Å². The minimum atomic E-state index is -0.149.